The van der Waals surface area contributed by atoms with E-state index in [1.54, 1.807) is 18.2 Å². The van der Waals surface area contributed by atoms with Crippen LogP contribution in [0.4, 0.5) is 0 Å². The molecule has 1 aromatic rings. The number of nitrogens with two attached hydrogens (primary N) is 1. The highest BCUT2D eigenvalue weighted by Gasteiger charge is 1.91. The Morgan fingerprint density at radius 3 is 2.67 bits per heavy atom. The van der Waals surface area contributed by atoms with Crippen LogP contribution in [0.1, 0.15) is 25.2 Å². The molecule has 64 valence electrons. The SMILES string of the molecule is CC.N#Cc1cccc(CN)n1. The summed E-state index contributed by atoms with van der Waals surface area (Å²) >= 11 is 0. The van der Waals surface area contributed by atoms with Crippen LogP contribution in [-0.4, -0.2) is 4.98 Å². The fraction of sp³-hybridized carbons (Fsp3) is 0.333. The first-order valence-electron chi connectivity index (χ1n) is 3.93. The van der Waals surface area contributed by atoms with Crippen molar-refractivity contribution in [3.8, 4) is 6.07 Å². The molecule has 0 amide bonds. The molecule has 1 heterocycles. The molecule has 0 radical (unpaired) electrons. The Balaban J connectivity index is 0.000000561. The van der Waals surface area contributed by atoms with Crippen LogP contribution in [0.5, 0.6) is 0 Å². The number of hydrogen-bond donors (Lipinski definition) is 1. The first-order valence-corrected chi connectivity index (χ1v) is 3.93. The minimum atomic E-state index is 0.384. The number of nitriles is 1. The van der Waals surface area contributed by atoms with Crippen molar-refractivity contribution >= 4 is 0 Å². The predicted molar refractivity (Wildman–Crippen MR) is 48.2 cm³/mol. The van der Waals surface area contributed by atoms with Gasteiger partial charge in [-0.2, -0.15) is 5.26 Å². The van der Waals surface area contributed by atoms with Gasteiger partial charge in [-0.25, -0.2) is 4.98 Å². The Hall–Kier alpha value is -1.40. The summed E-state index contributed by atoms with van der Waals surface area (Å²) in [5.74, 6) is 0. The maximum absolute atomic E-state index is 8.40. The third-order valence-corrected chi connectivity index (χ3v) is 1.13. The molecular weight excluding hydrogens is 150 g/mol. The van der Waals surface area contributed by atoms with Gasteiger partial charge >= 0.3 is 0 Å². The molecule has 0 saturated heterocycles. The fourth-order valence-corrected chi connectivity index (χ4v) is 0.656. The molecular formula is C9H13N3. The van der Waals surface area contributed by atoms with Crippen molar-refractivity contribution in [3.63, 3.8) is 0 Å². The summed E-state index contributed by atoms with van der Waals surface area (Å²) in [6, 6.07) is 7.15. The predicted octanol–water partition coefficient (Wildman–Crippen LogP) is 1.44. The largest absolute Gasteiger partial charge is 0.325 e. The van der Waals surface area contributed by atoms with Gasteiger partial charge in [-0.3, -0.25) is 0 Å². The van der Waals surface area contributed by atoms with E-state index in [0.717, 1.165) is 5.69 Å². The van der Waals surface area contributed by atoms with Gasteiger partial charge in [0.2, 0.25) is 0 Å². The van der Waals surface area contributed by atoms with Crippen LogP contribution >= 0.6 is 0 Å². The second-order valence-corrected chi connectivity index (χ2v) is 1.83. The average Bonchev–Trinajstić information content (AvgIpc) is 2.21. The summed E-state index contributed by atoms with van der Waals surface area (Å²) in [4.78, 5) is 3.92. The van der Waals surface area contributed by atoms with E-state index in [1.807, 2.05) is 19.9 Å². The summed E-state index contributed by atoms with van der Waals surface area (Å²) in [7, 11) is 0. The van der Waals surface area contributed by atoms with Crippen molar-refractivity contribution in [1.29, 1.82) is 5.26 Å². The van der Waals surface area contributed by atoms with Crippen LogP contribution in [0.25, 0.3) is 0 Å². The lowest BCUT2D eigenvalue weighted by atomic mass is 10.3. The topological polar surface area (TPSA) is 62.7 Å². The molecule has 0 aliphatic carbocycles. The molecule has 0 atom stereocenters. The van der Waals surface area contributed by atoms with Gasteiger partial charge in [0.1, 0.15) is 11.8 Å². The van der Waals surface area contributed by atoms with Crippen LogP contribution in [0, 0.1) is 11.3 Å². The Morgan fingerprint density at radius 1 is 1.50 bits per heavy atom. The maximum Gasteiger partial charge on any atom is 0.140 e. The second-order valence-electron chi connectivity index (χ2n) is 1.83. The van der Waals surface area contributed by atoms with Gasteiger partial charge in [0.25, 0.3) is 0 Å². The molecule has 0 bridgehead atoms. The monoisotopic (exact) mass is 163 g/mol. The van der Waals surface area contributed by atoms with Gasteiger partial charge in [-0.15, -0.1) is 0 Å². The number of hydrogen-bond acceptors (Lipinski definition) is 3. The third-order valence-electron chi connectivity index (χ3n) is 1.13. The molecule has 12 heavy (non-hydrogen) atoms. The zero-order valence-corrected chi connectivity index (χ0v) is 7.41. The molecule has 2 N–H and O–H groups in total. The van der Waals surface area contributed by atoms with Crippen molar-refractivity contribution in [2.75, 3.05) is 0 Å². The molecule has 0 aliphatic heterocycles. The second kappa shape index (κ2) is 6.32. The number of nitrogens with zero attached hydrogens (tertiary/aromatic N) is 2. The number of pyridine rings is 1. The van der Waals surface area contributed by atoms with Gasteiger partial charge in [0, 0.05) is 6.54 Å². The summed E-state index contributed by atoms with van der Waals surface area (Å²) in [5.41, 5.74) is 6.47. The van der Waals surface area contributed by atoms with Gasteiger partial charge < -0.3 is 5.73 Å². The van der Waals surface area contributed by atoms with E-state index >= 15 is 0 Å². The molecule has 1 aromatic heterocycles. The molecule has 0 spiro atoms. The van der Waals surface area contributed by atoms with Crippen LogP contribution < -0.4 is 5.73 Å². The first kappa shape index (κ1) is 10.6. The van der Waals surface area contributed by atoms with Crippen molar-refractivity contribution in [1.82, 2.24) is 4.98 Å². The highest BCUT2D eigenvalue weighted by molar-refractivity contribution is 5.21. The fourth-order valence-electron chi connectivity index (χ4n) is 0.656. The van der Waals surface area contributed by atoms with Gasteiger partial charge in [-0.1, -0.05) is 19.9 Å². The van der Waals surface area contributed by atoms with E-state index in [2.05, 4.69) is 4.98 Å². The Bertz CT molecular complexity index is 263. The van der Waals surface area contributed by atoms with E-state index in [0.29, 0.717) is 12.2 Å². The van der Waals surface area contributed by atoms with Crippen molar-refractivity contribution in [3.05, 3.63) is 29.6 Å². The Kier molecular flexibility index (Phi) is 5.58. The van der Waals surface area contributed by atoms with E-state index in [-0.39, 0.29) is 0 Å². The van der Waals surface area contributed by atoms with Crippen LogP contribution in [-0.2, 0) is 6.54 Å². The minimum absolute atomic E-state index is 0.384. The summed E-state index contributed by atoms with van der Waals surface area (Å²) in [6.07, 6.45) is 0. The van der Waals surface area contributed by atoms with Gasteiger partial charge in [0.05, 0.1) is 5.69 Å². The third kappa shape index (κ3) is 3.13. The van der Waals surface area contributed by atoms with Crippen LogP contribution in [0.15, 0.2) is 18.2 Å². The van der Waals surface area contributed by atoms with Crippen LogP contribution in [0.2, 0.25) is 0 Å². The van der Waals surface area contributed by atoms with E-state index in [4.69, 9.17) is 11.0 Å². The molecule has 3 heteroatoms. The first-order chi connectivity index (χ1) is 5.86. The molecule has 0 saturated carbocycles. The highest BCUT2D eigenvalue weighted by Crippen LogP contribution is 1.95. The van der Waals surface area contributed by atoms with E-state index in [1.165, 1.54) is 0 Å². The summed E-state index contributed by atoms with van der Waals surface area (Å²) in [5, 5.41) is 8.40. The molecule has 0 aromatic carbocycles. The normalized spacial score (nSPS) is 7.83. The lowest BCUT2D eigenvalue weighted by molar-refractivity contribution is 0.982. The Labute approximate surface area is 72.8 Å². The lowest BCUT2D eigenvalue weighted by Gasteiger charge is -1.92. The van der Waals surface area contributed by atoms with E-state index in [9.17, 15) is 0 Å². The summed E-state index contributed by atoms with van der Waals surface area (Å²) in [6.45, 7) is 4.38. The zero-order valence-electron chi connectivity index (χ0n) is 7.41. The molecule has 0 fully saturated rings. The molecule has 0 unspecified atom stereocenters. The van der Waals surface area contributed by atoms with Gasteiger partial charge in [-0.05, 0) is 12.1 Å². The zero-order chi connectivity index (χ0) is 9.40. The highest BCUT2D eigenvalue weighted by atomic mass is 14.7. The number of aromatic nitrogens is 1. The molecule has 0 aliphatic rings. The van der Waals surface area contributed by atoms with Gasteiger partial charge in [0.15, 0.2) is 0 Å². The number of rotatable bonds is 1. The Morgan fingerprint density at radius 2 is 2.17 bits per heavy atom. The maximum atomic E-state index is 8.40. The van der Waals surface area contributed by atoms with Crippen molar-refractivity contribution < 1.29 is 0 Å². The average molecular weight is 163 g/mol. The molecule has 3 nitrogen and oxygen atoms in total. The smallest absolute Gasteiger partial charge is 0.140 e. The molecule has 1 rings (SSSR count). The quantitative estimate of drug-likeness (QED) is 0.681. The van der Waals surface area contributed by atoms with Crippen LogP contribution in [0.3, 0.4) is 0 Å². The van der Waals surface area contributed by atoms with E-state index < -0.39 is 0 Å². The van der Waals surface area contributed by atoms with Crippen molar-refractivity contribution in [2.24, 2.45) is 5.73 Å². The van der Waals surface area contributed by atoms with Crippen molar-refractivity contribution in [2.45, 2.75) is 20.4 Å². The minimum Gasteiger partial charge on any atom is -0.325 e. The summed E-state index contributed by atoms with van der Waals surface area (Å²) < 4.78 is 0. The lowest BCUT2D eigenvalue weighted by Crippen LogP contribution is -1.99. The standard InChI is InChI=1S/C7H7N3.C2H6/c8-4-6-2-1-3-7(5-9)10-6;1-2/h1-3H,4,8H2;1-2H3.